The number of carbonyl (C=O) groups excluding carboxylic acids is 1. The third kappa shape index (κ3) is 2.52. The van der Waals surface area contributed by atoms with Gasteiger partial charge in [0.2, 0.25) is 5.91 Å². The van der Waals surface area contributed by atoms with Gasteiger partial charge in [0.25, 0.3) is 0 Å². The molecule has 2 atom stereocenters. The van der Waals surface area contributed by atoms with E-state index in [0.29, 0.717) is 18.0 Å². The molecule has 0 spiro atoms. The van der Waals surface area contributed by atoms with Crippen molar-refractivity contribution in [2.24, 2.45) is 0 Å². The van der Waals surface area contributed by atoms with Gasteiger partial charge in [-0.3, -0.25) is 4.79 Å². The van der Waals surface area contributed by atoms with Gasteiger partial charge in [-0.25, -0.2) is 0 Å². The molecule has 1 amide bonds. The number of rotatable bonds is 3. The fourth-order valence-corrected chi connectivity index (χ4v) is 5.09. The normalized spacial score (nSPS) is 28.6. The van der Waals surface area contributed by atoms with Crippen LogP contribution in [-0.2, 0) is 10.2 Å². The van der Waals surface area contributed by atoms with Crippen molar-refractivity contribution in [3.8, 4) is 5.75 Å². The quantitative estimate of drug-likeness (QED) is 0.928. The smallest absolute Gasteiger partial charge is 0.233 e. The maximum absolute atomic E-state index is 13.8. The standard InChI is InChI=1S/C20H28N2O2/c1-24-18-6-4-5-15(13-18)20(10-2-3-11-20)19(23)22-16-7-8-17(22)14-21-12-9-16/h4-6,13,16-17,21H,2-3,7-12,14H2,1H3. The Labute approximate surface area is 144 Å². The predicted molar refractivity (Wildman–Crippen MR) is 94.3 cm³/mol. The van der Waals surface area contributed by atoms with Crippen LogP contribution in [0.2, 0.25) is 0 Å². The van der Waals surface area contributed by atoms with Gasteiger partial charge in [0.15, 0.2) is 0 Å². The van der Waals surface area contributed by atoms with Crippen LogP contribution in [0.5, 0.6) is 5.75 Å². The molecule has 4 heteroatoms. The summed E-state index contributed by atoms with van der Waals surface area (Å²) in [5.41, 5.74) is 0.820. The minimum atomic E-state index is -0.334. The molecule has 3 fully saturated rings. The van der Waals surface area contributed by atoms with Crippen molar-refractivity contribution in [1.29, 1.82) is 0 Å². The van der Waals surface area contributed by atoms with Gasteiger partial charge in [-0.1, -0.05) is 25.0 Å². The van der Waals surface area contributed by atoms with Gasteiger partial charge in [-0.2, -0.15) is 0 Å². The minimum Gasteiger partial charge on any atom is -0.497 e. The van der Waals surface area contributed by atoms with E-state index in [9.17, 15) is 4.79 Å². The minimum absolute atomic E-state index is 0.334. The zero-order valence-electron chi connectivity index (χ0n) is 14.6. The van der Waals surface area contributed by atoms with E-state index in [1.165, 1.54) is 6.42 Å². The Kier molecular flexibility index (Phi) is 4.25. The van der Waals surface area contributed by atoms with Crippen LogP contribution in [0.1, 0.15) is 50.5 Å². The van der Waals surface area contributed by atoms with E-state index >= 15 is 0 Å². The molecule has 1 N–H and O–H groups in total. The molecule has 0 radical (unpaired) electrons. The average Bonchev–Trinajstić information content (AvgIpc) is 3.19. The molecule has 3 aliphatic rings. The second kappa shape index (κ2) is 6.40. The van der Waals surface area contributed by atoms with Crippen LogP contribution < -0.4 is 10.1 Å². The summed E-state index contributed by atoms with van der Waals surface area (Å²) in [6, 6.07) is 9.02. The van der Waals surface area contributed by atoms with E-state index in [2.05, 4.69) is 22.3 Å². The first kappa shape index (κ1) is 15.9. The lowest BCUT2D eigenvalue weighted by atomic mass is 9.77. The molecule has 4 rings (SSSR count). The molecule has 2 aliphatic heterocycles. The van der Waals surface area contributed by atoms with E-state index in [1.807, 2.05) is 12.1 Å². The number of hydrogen-bond acceptors (Lipinski definition) is 3. The largest absolute Gasteiger partial charge is 0.497 e. The summed E-state index contributed by atoms with van der Waals surface area (Å²) < 4.78 is 5.42. The zero-order valence-corrected chi connectivity index (χ0v) is 14.6. The van der Waals surface area contributed by atoms with Crippen molar-refractivity contribution >= 4 is 5.91 Å². The summed E-state index contributed by atoms with van der Waals surface area (Å²) in [5, 5.41) is 3.51. The number of nitrogens with zero attached hydrogens (tertiary/aromatic N) is 1. The average molecular weight is 328 g/mol. The molecular formula is C20H28N2O2. The number of methoxy groups -OCH3 is 1. The number of ether oxygens (including phenoxy) is 1. The number of carbonyl (C=O) groups is 1. The SMILES string of the molecule is COc1cccc(C2(C(=O)N3C4CCNCC3CC4)CCCC2)c1. The van der Waals surface area contributed by atoms with Crippen molar-refractivity contribution in [2.75, 3.05) is 20.2 Å². The fourth-order valence-electron chi connectivity index (χ4n) is 5.09. The second-order valence-corrected chi connectivity index (χ2v) is 7.61. The van der Waals surface area contributed by atoms with Gasteiger partial charge in [-0.05, 0) is 56.3 Å². The topological polar surface area (TPSA) is 41.6 Å². The Morgan fingerprint density at radius 3 is 2.79 bits per heavy atom. The van der Waals surface area contributed by atoms with E-state index in [0.717, 1.165) is 62.9 Å². The molecule has 4 nitrogen and oxygen atoms in total. The van der Waals surface area contributed by atoms with Crippen LogP contribution >= 0.6 is 0 Å². The Bertz CT molecular complexity index is 595. The summed E-state index contributed by atoms with van der Waals surface area (Å²) >= 11 is 0. The molecule has 2 saturated heterocycles. The summed E-state index contributed by atoms with van der Waals surface area (Å²) in [7, 11) is 1.70. The fraction of sp³-hybridized carbons (Fsp3) is 0.650. The van der Waals surface area contributed by atoms with E-state index in [1.54, 1.807) is 7.11 Å². The molecule has 1 saturated carbocycles. The first-order valence-electron chi connectivity index (χ1n) is 9.43. The summed E-state index contributed by atoms with van der Waals surface area (Å²) in [5.74, 6) is 1.23. The second-order valence-electron chi connectivity index (χ2n) is 7.61. The van der Waals surface area contributed by atoms with Crippen LogP contribution in [0.3, 0.4) is 0 Å². The third-order valence-corrected chi connectivity index (χ3v) is 6.38. The van der Waals surface area contributed by atoms with Crippen LogP contribution in [0.15, 0.2) is 24.3 Å². The van der Waals surface area contributed by atoms with Crippen LogP contribution in [0.4, 0.5) is 0 Å². The maximum atomic E-state index is 13.8. The number of hydrogen-bond donors (Lipinski definition) is 1. The number of amides is 1. The molecule has 0 aromatic heterocycles. The Morgan fingerprint density at radius 2 is 2.00 bits per heavy atom. The monoisotopic (exact) mass is 328 g/mol. The first-order valence-corrected chi connectivity index (χ1v) is 9.43. The summed E-state index contributed by atoms with van der Waals surface area (Å²) in [6.07, 6.45) is 7.65. The molecule has 1 aromatic carbocycles. The van der Waals surface area contributed by atoms with Crippen molar-refractivity contribution < 1.29 is 9.53 Å². The van der Waals surface area contributed by atoms with Gasteiger partial charge in [0.05, 0.1) is 12.5 Å². The van der Waals surface area contributed by atoms with Crippen LogP contribution in [0, 0.1) is 0 Å². The molecule has 2 heterocycles. The number of fused-ring (bicyclic) bond motifs is 2. The highest BCUT2D eigenvalue weighted by atomic mass is 16.5. The summed E-state index contributed by atoms with van der Waals surface area (Å²) in [6.45, 7) is 1.99. The lowest BCUT2D eigenvalue weighted by molar-refractivity contribution is -0.140. The van der Waals surface area contributed by atoms with E-state index < -0.39 is 0 Å². The van der Waals surface area contributed by atoms with Gasteiger partial charge >= 0.3 is 0 Å². The zero-order chi connectivity index (χ0) is 16.6. The lowest BCUT2D eigenvalue weighted by Gasteiger charge is -2.38. The van der Waals surface area contributed by atoms with E-state index in [4.69, 9.17) is 4.74 Å². The molecular weight excluding hydrogens is 300 g/mol. The highest BCUT2D eigenvalue weighted by Crippen LogP contribution is 2.45. The van der Waals surface area contributed by atoms with Gasteiger partial charge in [0, 0.05) is 18.6 Å². The molecule has 2 bridgehead atoms. The van der Waals surface area contributed by atoms with Crippen molar-refractivity contribution in [1.82, 2.24) is 10.2 Å². The molecule has 1 aromatic rings. The maximum Gasteiger partial charge on any atom is 0.233 e. The van der Waals surface area contributed by atoms with Crippen molar-refractivity contribution in [2.45, 2.75) is 62.4 Å². The van der Waals surface area contributed by atoms with Gasteiger partial charge < -0.3 is 15.0 Å². The van der Waals surface area contributed by atoms with Gasteiger partial charge in [0.1, 0.15) is 5.75 Å². The molecule has 1 aliphatic carbocycles. The Balaban J connectivity index is 1.71. The molecule has 130 valence electrons. The number of benzene rings is 1. The lowest BCUT2D eigenvalue weighted by Crippen LogP contribution is -2.51. The van der Waals surface area contributed by atoms with Crippen LogP contribution in [0.25, 0.3) is 0 Å². The third-order valence-electron chi connectivity index (χ3n) is 6.38. The van der Waals surface area contributed by atoms with Gasteiger partial charge in [-0.15, -0.1) is 0 Å². The summed E-state index contributed by atoms with van der Waals surface area (Å²) in [4.78, 5) is 16.1. The molecule has 24 heavy (non-hydrogen) atoms. The van der Waals surface area contributed by atoms with E-state index in [-0.39, 0.29) is 5.41 Å². The predicted octanol–water partition coefficient (Wildman–Crippen LogP) is 2.86. The first-order chi connectivity index (χ1) is 11.7. The number of nitrogens with one attached hydrogen (secondary N) is 1. The van der Waals surface area contributed by atoms with Crippen molar-refractivity contribution in [3.63, 3.8) is 0 Å². The van der Waals surface area contributed by atoms with Crippen molar-refractivity contribution in [3.05, 3.63) is 29.8 Å². The molecule has 2 unspecified atom stereocenters. The highest BCUT2D eigenvalue weighted by molar-refractivity contribution is 5.89. The van der Waals surface area contributed by atoms with Crippen LogP contribution in [-0.4, -0.2) is 43.1 Å². The highest BCUT2D eigenvalue weighted by Gasteiger charge is 2.49. The Morgan fingerprint density at radius 1 is 1.21 bits per heavy atom. The Hall–Kier alpha value is -1.55.